The molecule has 23 heavy (non-hydrogen) atoms. The molecule has 0 radical (unpaired) electrons. The van der Waals surface area contributed by atoms with Crippen LogP contribution in [-0.2, 0) is 14.4 Å². The fourth-order valence-electron chi connectivity index (χ4n) is 0.924. The van der Waals surface area contributed by atoms with Crippen LogP contribution in [0.1, 0.15) is 41.0 Å². The summed E-state index contributed by atoms with van der Waals surface area (Å²) < 4.78 is 0. The number of oxime groups is 1. The molecular formula is C15H28N2O6. The molecule has 1 unspecified atom stereocenters. The number of carboxylic acids is 2. The van der Waals surface area contributed by atoms with E-state index in [4.69, 9.17) is 15.1 Å². The summed E-state index contributed by atoms with van der Waals surface area (Å²) in [6.07, 6.45) is 1.47. The summed E-state index contributed by atoms with van der Waals surface area (Å²) in [6.45, 7) is 10.8. The van der Waals surface area contributed by atoms with Crippen LogP contribution in [0.15, 0.2) is 17.3 Å². The lowest BCUT2D eigenvalue weighted by Gasteiger charge is -2.22. The number of hydrogen-bond acceptors (Lipinski definition) is 6. The highest BCUT2D eigenvalue weighted by Gasteiger charge is 2.12. The number of aliphatic hydroxyl groups is 1. The molecule has 0 rings (SSSR count). The van der Waals surface area contributed by atoms with Gasteiger partial charge < -0.3 is 25.5 Å². The zero-order valence-corrected chi connectivity index (χ0v) is 14.4. The number of nitrogens with one attached hydrogen (secondary N) is 1. The Kier molecular flexibility index (Phi) is 12.8. The van der Waals surface area contributed by atoms with Gasteiger partial charge in [0.25, 0.3) is 0 Å². The van der Waals surface area contributed by atoms with Gasteiger partial charge in [0.2, 0.25) is 0 Å². The highest BCUT2D eigenvalue weighted by Crippen LogP contribution is 1.98. The molecule has 4 N–H and O–H groups in total. The van der Waals surface area contributed by atoms with Gasteiger partial charge in [-0.05, 0) is 34.1 Å². The lowest BCUT2D eigenvalue weighted by Crippen LogP contribution is -2.42. The predicted molar refractivity (Wildman–Crippen MR) is 87.5 cm³/mol. The summed E-state index contributed by atoms with van der Waals surface area (Å²) in [4.78, 5) is 24.1. The number of β-amino-alcohol motifs (C(OH)–C–C–N with tert-alkyl or cyclic N) is 1. The number of nitrogens with zero attached hydrogens (tertiary/aromatic N) is 1. The van der Waals surface area contributed by atoms with Crippen LogP contribution in [0.3, 0.4) is 0 Å². The molecule has 0 heterocycles. The first-order chi connectivity index (χ1) is 10.5. The SMILES string of the molecule is CC/C(C)=N\OCC(O)CNC(C)(C)C.O=C(O)/C=C\C(=O)O. The van der Waals surface area contributed by atoms with Crippen LogP contribution in [0.4, 0.5) is 0 Å². The van der Waals surface area contributed by atoms with E-state index in [1.54, 1.807) is 0 Å². The van der Waals surface area contributed by atoms with Gasteiger partial charge in [-0.1, -0.05) is 12.1 Å². The standard InChI is InChI=1S/C11H24N2O2.C4H4O4/c1-6-9(2)13-15-8-10(14)7-12-11(3,4)5;5-3(6)1-2-4(7)8/h10,12,14H,6-8H2,1-5H3;1-2H,(H,5,6)(H,7,8)/b13-9-;2-1-. The smallest absolute Gasteiger partial charge is 0.328 e. The topological polar surface area (TPSA) is 128 Å². The molecule has 0 spiro atoms. The van der Waals surface area contributed by atoms with Crippen LogP contribution in [0.25, 0.3) is 0 Å². The lowest BCUT2D eigenvalue weighted by molar-refractivity contribution is -0.134. The van der Waals surface area contributed by atoms with Gasteiger partial charge in [0, 0.05) is 24.2 Å². The van der Waals surface area contributed by atoms with Crippen LogP contribution in [0, 0.1) is 0 Å². The van der Waals surface area contributed by atoms with E-state index in [2.05, 4.69) is 31.2 Å². The largest absolute Gasteiger partial charge is 0.478 e. The minimum absolute atomic E-state index is 0.0174. The van der Waals surface area contributed by atoms with Gasteiger partial charge >= 0.3 is 11.9 Å². The van der Waals surface area contributed by atoms with Crippen molar-refractivity contribution in [3.63, 3.8) is 0 Å². The van der Waals surface area contributed by atoms with E-state index in [0.717, 1.165) is 12.1 Å². The summed E-state index contributed by atoms with van der Waals surface area (Å²) in [5.74, 6) is -2.51. The molecule has 0 saturated heterocycles. The van der Waals surface area contributed by atoms with Gasteiger partial charge in [-0.25, -0.2) is 9.59 Å². The van der Waals surface area contributed by atoms with Crippen molar-refractivity contribution in [2.24, 2.45) is 5.16 Å². The molecule has 0 aliphatic carbocycles. The quantitative estimate of drug-likeness (QED) is 0.299. The second kappa shape index (κ2) is 12.6. The number of hydrogen-bond donors (Lipinski definition) is 4. The number of carbonyl (C=O) groups is 2. The van der Waals surface area contributed by atoms with Crippen LogP contribution in [0.5, 0.6) is 0 Å². The molecule has 0 aromatic heterocycles. The highest BCUT2D eigenvalue weighted by atomic mass is 16.6. The monoisotopic (exact) mass is 332 g/mol. The summed E-state index contributed by atoms with van der Waals surface area (Å²) >= 11 is 0. The van der Waals surface area contributed by atoms with Crippen molar-refractivity contribution in [3.8, 4) is 0 Å². The van der Waals surface area contributed by atoms with Crippen LogP contribution in [-0.4, -0.2) is 57.8 Å². The normalized spacial score (nSPS) is 13.2. The fourth-order valence-corrected chi connectivity index (χ4v) is 0.924. The number of aliphatic hydroxyl groups excluding tert-OH is 1. The third-order valence-corrected chi connectivity index (χ3v) is 2.24. The summed E-state index contributed by atoms with van der Waals surface area (Å²) in [7, 11) is 0. The van der Waals surface area contributed by atoms with E-state index < -0.39 is 18.0 Å². The van der Waals surface area contributed by atoms with E-state index in [1.165, 1.54) is 0 Å². The summed E-state index contributed by atoms with van der Waals surface area (Å²) in [5.41, 5.74) is 0.954. The van der Waals surface area contributed by atoms with Crippen molar-refractivity contribution < 1.29 is 29.7 Å². The second-order valence-electron chi connectivity index (χ2n) is 5.77. The van der Waals surface area contributed by atoms with Gasteiger partial charge in [-0.15, -0.1) is 0 Å². The minimum atomic E-state index is -1.26. The third-order valence-electron chi connectivity index (χ3n) is 2.24. The molecule has 134 valence electrons. The molecule has 0 fully saturated rings. The number of carboxylic acid groups (broad SMARTS) is 2. The molecule has 0 bridgehead atoms. The lowest BCUT2D eigenvalue weighted by atomic mass is 10.1. The van der Waals surface area contributed by atoms with Crippen molar-refractivity contribution in [3.05, 3.63) is 12.2 Å². The summed E-state index contributed by atoms with van der Waals surface area (Å²) in [5, 5.41) is 32.2. The van der Waals surface area contributed by atoms with E-state index >= 15 is 0 Å². The zero-order valence-electron chi connectivity index (χ0n) is 14.4. The van der Waals surface area contributed by atoms with Gasteiger partial charge in [-0.3, -0.25) is 0 Å². The van der Waals surface area contributed by atoms with Crippen molar-refractivity contribution in [1.29, 1.82) is 0 Å². The third kappa shape index (κ3) is 22.5. The summed E-state index contributed by atoms with van der Waals surface area (Å²) in [6, 6.07) is 0. The average Bonchev–Trinajstić information content (AvgIpc) is 2.42. The van der Waals surface area contributed by atoms with Gasteiger partial charge in [-0.2, -0.15) is 0 Å². The van der Waals surface area contributed by atoms with Crippen molar-refractivity contribution >= 4 is 17.7 Å². The maximum absolute atomic E-state index is 9.55. The molecule has 0 aromatic rings. The van der Waals surface area contributed by atoms with Crippen LogP contribution < -0.4 is 5.32 Å². The maximum Gasteiger partial charge on any atom is 0.328 e. The Morgan fingerprint density at radius 2 is 1.70 bits per heavy atom. The highest BCUT2D eigenvalue weighted by molar-refractivity contribution is 5.89. The molecule has 0 aliphatic rings. The van der Waals surface area contributed by atoms with Crippen LogP contribution in [0.2, 0.25) is 0 Å². The van der Waals surface area contributed by atoms with E-state index in [9.17, 15) is 14.7 Å². The fraction of sp³-hybridized carbons (Fsp3) is 0.667. The zero-order chi connectivity index (χ0) is 18.5. The second-order valence-corrected chi connectivity index (χ2v) is 5.77. The molecular weight excluding hydrogens is 304 g/mol. The van der Waals surface area contributed by atoms with Crippen molar-refractivity contribution in [1.82, 2.24) is 5.32 Å². The van der Waals surface area contributed by atoms with Crippen molar-refractivity contribution in [2.75, 3.05) is 13.2 Å². The molecule has 0 aliphatic heterocycles. The Morgan fingerprint density at radius 1 is 1.22 bits per heavy atom. The van der Waals surface area contributed by atoms with Gasteiger partial charge in [0.1, 0.15) is 12.7 Å². The average molecular weight is 332 g/mol. The van der Waals surface area contributed by atoms with Crippen molar-refractivity contribution in [2.45, 2.75) is 52.7 Å². The number of rotatable bonds is 8. The van der Waals surface area contributed by atoms with E-state index in [-0.39, 0.29) is 12.1 Å². The number of aliphatic carboxylic acids is 2. The Labute approximate surface area is 136 Å². The minimum Gasteiger partial charge on any atom is -0.478 e. The molecule has 0 amide bonds. The van der Waals surface area contributed by atoms with Gasteiger partial charge in [0.15, 0.2) is 0 Å². The Hall–Kier alpha value is -1.93. The van der Waals surface area contributed by atoms with E-state index in [0.29, 0.717) is 18.7 Å². The Bertz CT molecular complexity index is 397. The van der Waals surface area contributed by atoms with E-state index in [1.807, 2.05) is 13.8 Å². The molecule has 0 aromatic carbocycles. The maximum atomic E-state index is 9.55. The molecule has 8 nitrogen and oxygen atoms in total. The Morgan fingerprint density at radius 3 is 2.04 bits per heavy atom. The predicted octanol–water partition coefficient (Wildman–Crippen LogP) is 1.25. The first-order valence-electron chi connectivity index (χ1n) is 7.20. The molecule has 0 saturated carbocycles. The first-order valence-corrected chi connectivity index (χ1v) is 7.20. The van der Waals surface area contributed by atoms with Gasteiger partial charge in [0.05, 0.1) is 5.71 Å². The molecule has 1 atom stereocenters. The Balaban J connectivity index is 0. The first kappa shape index (κ1) is 23.3. The molecule has 8 heteroatoms. The van der Waals surface area contributed by atoms with Crippen LogP contribution >= 0.6 is 0 Å².